The molecule has 0 saturated carbocycles. The zero-order valence-corrected chi connectivity index (χ0v) is 19.9. The Morgan fingerprint density at radius 1 is 0.562 bits per heavy atom. The molecule has 4 aromatic carbocycles. The third kappa shape index (κ3) is 4.04. The average Bonchev–Trinajstić information content (AvgIpc) is 3.25. The van der Waals surface area contributed by atoms with Crippen LogP contribution in [-0.2, 0) is 0 Å². The maximum absolute atomic E-state index is 2.52. The number of hydrogen-bond acceptors (Lipinski definition) is 0. The summed E-state index contributed by atoms with van der Waals surface area (Å²) in [6.07, 6.45) is 3.51. The molecular weight excluding hydrogens is 400 g/mol. The molecule has 156 valence electrons. The molecule has 0 fully saturated rings. The van der Waals surface area contributed by atoms with E-state index in [0.29, 0.717) is 0 Å². The van der Waals surface area contributed by atoms with Gasteiger partial charge in [0.15, 0.2) is 0 Å². The Balaban J connectivity index is 1.74. The van der Waals surface area contributed by atoms with E-state index in [4.69, 9.17) is 0 Å². The van der Waals surface area contributed by atoms with Crippen molar-refractivity contribution < 1.29 is 0 Å². The van der Waals surface area contributed by atoms with E-state index >= 15 is 0 Å². The zero-order chi connectivity index (χ0) is 21.9. The first kappa shape index (κ1) is 20.5. The van der Waals surface area contributed by atoms with Crippen LogP contribution in [0.25, 0.3) is 11.1 Å². The highest BCUT2D eigenvalue weighted by Crippen LogP contribution is 2.41. The smallest absolute Gasteiger partial charge is 0.0797 e. The number of allylic oxidation sites excluding steroid dienone is 4. The Morgan fingerprint density at radius 3 is 1.59 bits per heavy atom. The Labute approximate surface area is 193 Å². The predicted molar refractivity (Wildman–Crippen MR) is 141 cm³/mol. The van der Waals surface area contributed by atoms with Crippen LogP contribution in [0, 0.1) is 13.8 Å². The van der Waals surface area contributed by atoms with Crippen molar-refractivity contribution in [2.45, 2.75) is 20.3 Å². The lowest BCUT2D eigenvalue weighted by molar-refractivity contribution is 1.34. The molecule has 0 unspecified atom stereocenters. The summed E-state index contributed by atoms with van der Waals surface area (Å²) >= 11 is 0. The molecule has 0 heterocycles. The van der Waals surface area contributed by atoms with Gasteiger partial charge in [0, 0.05) is 0 Å². The Bertz CT molecular complexity index is 1220. The van der Waals surface area contributed by atoms with Crippen molar-refractivity contribution in [3.63, 3.8) is 0 Å². The molecule has 1 aliphatic carbocycles. The second-order valence-electron chi connectivity index (χ2n) is 8.71. The molecule has 0 amide bonds. The van der Waals surface area contributed by atoms with E-state index in [2.05, 4.69) is 129 Å². The molecule has 0 nitrogen and oxygen atoms in total. The van der Waals surface area contributed by atoms with E-state index in [1.165, 1.54) is 43.8 Å². The molecule has 0 radical (unpaired) electrons. The highest BCUT2D eigenvalue weighted by molar-refractivity contribution is 6.93. The molecule has 32 heavy (non-hydrogen) atoms. The number of aryl methyl sites for hydroxylation is 2. The summed E-state index contributed by atoms with van der Waals surface area (Å²) in [5.41, 5.74) is 8.25. The molecule has 0 aromatic heterocycles. The van der Waals surface area contributed by atoms with Crippen LogP contribution >= 0.6 is 0 Å². The number of hydrogen-bond donors (Lipinski definition) is 0. The van der Waals surface area contributed by atoms with Crippen molar-refractivity contribution in [2.75, 3.05) is 0 Å². The van der Waals surface area contributed by atoms with E-state index in [9.17, 15) is 0 Å². The van der Waals surface area contributed by atoms with Crippen molar-refractivity contribution in [2.24, 2.45) is 0 Å². The molecular formula is C31H28Si. The van der Waals surface area contributed by atoms with E-state index in [-0.39, 0.29) is 0 Å². The highest BCUT2D eigenvalue weighted by Gasteiger charge is 2.29. The first-order chi connectivity index (χ1) is 15.7. The zero-order valence-electron chi connectivity index (χ0n) is 18.8. The first-order valence-corrected chi connectivity index (χ1v) is 13.1. The lowest BCUT2D eigenvalue weighted by Crippen LogP contribution is -2.44. The minimum Gasteiger partial charge on any atom is -0.0797 e. The maximum Gasteiger partial charge on any atom is 0.133 e. The topological polar surface area (TPSA) is 0 Å². The van der Waals surface area contributed by atoms with Gasteiger partial charge in [-0.1, -0.05) is 137 Å². The molecule has 1 heteroatoms. The van der Waals surface area contributed by atoms with Crippen LogP contribution in [0.5, 0.6) is 0 Å². The SMILES string of the molecule is Cc1cc(C)cc(C2=C(c3ccccc3)C([SiH](c3ccccc3)c3ccccc3)=CC2)c1. The molecule has 0 atom stereocenters. The molecule has 0 aliphatic heterocycles. The summed E-state index contributed by atoms with van der Waals surface area (Å²) in [6, 6.07) is 40.2. The van der Waals surface area contributed by atoms with Gasteiger partial charge in [-0.2, -0.15) is 0 Å². The van der Waals surface area contributed by atoms with Gasteiger partial charge in [-0.25, -0.2) is 0 Å². The quantitative estimate of drug-likeness (QED) is 0.336. The summed E-state index contributed by atoms with van der Waals surface area (Å²) in [4.78, 5) is 0. The summed E-state index contributed by atoms with van der Waals surface area (Å²) in [5.74, 6) is 0. The van der Waals surface area contributed by atoms with Gasteiger partial charge in [-0.05, 0) is 47.7 Å². The number of benzene rings is 4. The fraction of sp³-hybridized carbons (Fsp3) is 0.0968. The van der Waals surface area contributed by atoms with Gasteiger partial charge >= 0.3 is 0 Å². The molecule has 5 rings (SSSR count). The van der Waals surface area contributed by atoms with Gasteiger partial charge in [-0.15, -0.1) is 0 Å². The van der Waals surface area contributed by atoms with E-state index in [0.717, 1.165) is 6.42 Å². The summed E-state index contributed by atoms with van der Waals surface area (Å²) < 4.78 is 0. The Morgan fingerprint density at radius 2 is 1.06 bits per heavy atom. The number of rotatable bonds is 5. The largest absolute Gasteiger partial charge is 0.133 e. The van der Waals surface area contributed by atoms with Crippen molar-refractivity contribution in [3.8, 4) is 0 Å². The van der Waals surface area contributed by atoms with E-state index in [1.54, 1.807) is 5.20 Å². The van der Waals surface area contributed by atoms with Gasteiger partial charge in [0.25, 0.3) is 0 Å². The van der Waals surface area contributed by atoms with Gasteiger partial charge < -0.3 is 0 Å². The van der Waals surface area contributed by atoms with Crippen LogP contribution in [0.2, 0.25) is 0 Å². The van der Waals surface area contributed by atoms with Gasteiger partial charge in [-0.3, -0.25) is 0 Å². The molecule has 0 N–H and O–H groups in total. The summed E-state index contributed by atoms with van der Waals surface area (Å²) in [6.45, 7) is 4.40. The highest BCUT2D eigenvalue weighted by atomic mass is 28.3. The summed E-state index contributed by atoms with van der Waals surface area (Å²) in [5, 5.41) is 4.49. The standard InChI is InChI=1S/C31H28Si/c1-23-20-24(2)22-26(21-23)29-18-19-30(31(29)25-12-6-3-7-13-25)32(27-14-8-4-9-15-27)28-16-10-5-11-17-28/h3-17,19-22,32H,18H2,1-2H3. The third-order valence-electron chi connectivity index (χ3n) is 6.33. The van der Waals surface area contributed by atoms with Crippen LogP contribution in [0.3, 0.4) is 0 Å². The van der Waals surface area contributed by atoms with Gasteiger partial charge in [0.05, 0.1) is 0 Å². The lowest BCUT2D eigenvalue weighted by atomic mass is 9.94. The average molecular weight is 429 g/mol. The van der Waals surface area contributed by atoms with Crippen LogP contribution < -0.4 is 10.4 Å². The molecule has 0 saturated heterocycles. The molecule has 1 aliphatic rings. The second-order valence-corrected chi connectivity index (χ2v) is 11.5. The lowest BCUT2D eigenvalue weighted by Gasteiger charge is -2.22. The molecule has 0 spiro atoms. The normalized spacial score (nSPS) is 13.5. The maximum atomic E-state index is 2.52. The fourth-order valence-electron chi connectivity index (χ4n) is 5.05. The summed E-state index contributed by atoms with van der Waals surface area (Å²) in [7, 11) is -1.61. The van der Waals surface area contributed by atoms with Crippen LogP contribution in [0.15, 0.2) is 120 Å². The molecule has 4 aromatic rings. The van der Waals surface area contributed by atoms with Crippen LogP contribution in [-0.4, -0.2) is 8.80 Å². The van der Waals surface area contributed by atoms with Gasteiger partial charge in [0.1, 0.15) is 8.80 Å². The van der Waals surface area contributed by atoms with Crippen molar-refractivity contribution in [1.29, 1.82) is 0 Å². The molecule has 0 bridgehead atoms. The van der Waals surface area contributed by atoms with Crippen LogP contribution in [0.4, 0.5) is 0 Å². The van der Waals surface area contributed by atoms with Crippen molar-refractivity contribution in [3.05, 3.63) is 143 Å². The monoisotopic (exact) mass is 428 g/mol. The predicted octanol–water partition coefficient (Wildman–Crippen LogP) is 6.13. The fourth-order valence-corrected chi connectivity index (χ4v) is 8.35. The van der Waals surface area contributed by atoms with Crippen molar-refractivity contribution >= 4 is 30.3 Å². The van der Waals surface area contributed by atoms with E-state index in [1.807, 2.05) is 0 Å². The minimum atomic E-state index is -1.61. The Hall–Kier alpha value is -3.42. The third-order valence-corrected chi connectivity index (χ3v) is 9.58. The van der Waals surface area contributed by atoms with Gasteiger partial charge in [0.2, 0.25) is 0 Å². The van der Waals surface area contributed by atoms with Crippen LogP contribution in [0.1, 0.15) is 28.7 Å². The van der Waals surface area contributed by atoms with E-state index < -0.39 is 8.80 Å². The second kappa shape index (κ2) is 8.98. The Kier molecular flexibility index (Phi) is 5.75. The first-order valence-electron chi connectivity index (χ1n) is 11.4. The van der Waals surface area contributed by atoms with Crippen molar-refractivity contribution in [1.82, 2.24) is 0 Å². The minimum absolute atomic E-state index is 0.992.